The molecule has 2 aromatic rings. The summed E-state index contributed by atoms with van der Waals surface area (Å²) in [6.07, 6.45) is 1.61. The molecular weight excluding hydrogens is 272 g/mol. The standard InChI is InChI=1S/C20H20O2/c1-14-17(19(21)15-8-4-2-5-9-15)12-13-18(14)20(22)16-10-6-3-7-11-16/h2-11,14,17-18H,12-13H2,1H3/t17-,18-/m1/s1. The normalized spacial score (nSPS) is 21.7. The summed E-state index contributed by atoms with van der Waals surface area (Å²) in [6.45, 7) is 2.05. The second-order valence-electron chi connectivity index (χ2n) is 6.11. The van der Waals surface area contributed by atoms with Gasteiger partial charge in [0.1, 0.15) is 0 Å². The molecule has 2 aromatic carbocycles. The molecular formula is C20H20O2. The Labute approximate surface area is 131 Å². The van der Waals surface area contributed by atoms with Crippen molar-refractivity contribution in [2.45, 2.75) is 19.8 Å². The number of rotatable bonds is 4. The quantitative estimate of drug-likeness (QED) is 0.782. The van der Waals surface area contributed by atoms with Gasteiger partial charge in [0.15, 0.2) is 11.6 Å². The summed E-state index contributed by atoms with van der Waals surface area (Å²) < 4.78 is 0. The highest BCUT2D eigenvalue weighted by Gasteiger charge is 2.40. The van der Waals surface area contributed by atoms with Gasteiger partial charge in [-0.15, -0.1) is 0 Å². The molecule has 2 nitrogen and oxygen atoms in total. The Kier molecular flexibility index (Phi) is 4.19. The fraction of sp³-hybridized carbons (Fsp3) is 0.300. The number of benzene rings is 2. The fourth-order valence-corrected chi connectivity index (χ4v) is 3.54. The molecule has 0 unspecified atom stereocenters. The van der Waals surface area contributed by atoms with E-state index in [0.717, 1.165) is 24.0 Å². The highest BCUT2D eigenvalue weighted by molar-refractivity contribution is 6.01. The molecule has 1 aliphatic carbocycles. The number of ketones is 2. The molecule has 3 rings (SSSR count). The van der Waals surface area contributed by atoms with Crippen LogP contribution < -0.4 is 0 Å². The molecule has 1 saturated carbocycles. The van der Waals surface area contributed by atoms with E-state index < -0.39 is 0 Å². The molecule has 0 amide bonds. The lowest BCUT2D eigenvalue weighted by molar-refractivity contribution is 0.0842. The largest absolute Gasteiger partial charge is 0.294 e. The van der Waals surface area contributed by atoms with Crippen molar-refractivity contribution in [3.8, 4) is 0 Å². The monoisotopic (exact) mass is 292 g/mol. The number of carbonyl (C=O) groups excluding carboxylic acids is 2. The van der Waals surface area contributed by atoms with Gasteiger partial charge in [-0.2, -0.15) is 0 Å². The van der Waals surface area contributed by atoms with Crippen LogP contribution in [0, 0.1) is 17.8 Å². The Balaban J connectivity index is 1.76. The summed E-state index contributed by atoms with van der Waals surface area (Å²) in [5, 5.41) is 0. The van der Waals surface area contributed by atoms with Gasteiger partial charge in [-0.25, -0.2) is 0 Å². The topological polar surface area (TPSA) is 34.1 Å². The van der Waals surface area contributed by atoms with Crippen LogP contribution in [0.3, 0.4) is 0 Å². The van der Waals surface area contributed by atoms with Crippen LogP contribution in [0.25, 0.3) is 0 Å². The Bertz CT molecular complexity index is 601. The van der Waals surface area contributed by atoms with Crippen molar-refractivity contribution in [3.05, 3.63) is 71.8 Å². The van der Waals surface area contributed by atoms with Crippen molar-refractivity contribution in [3.63, 3.8) is 0 Å². The zero-order valence-corrected chi connectivity index (χ0v) is 12.7. The van der Waals surface area contributed by atoms with Crippen LogP contribution in [0.5, 0.6) is 0 Å². The minimum Gasteiger partial charge on any atom is -0.294 e. The van der Waals surface area contributed by atoms with Crippen LogP contribution in [-0.4, -0.2) is 11.6 Å². The van der Waals surface area contributed by atoms with E-state index in [4.69, 9.17) is 0 Å². The molecule has 0 saturated heterocycles. The average Bonchev–Trinajstić information content (AvgIpc) is 2.96. The smallest absolute Gasteiger partial charge is 0.166 e. The fourth-order valence-electron chi connectivity index (χ4n) is 3.54. The lowest BCUT2D eigenvalue weighted by Crippen LogP contribution is -2.24. The van der Waals surface area contributed by atoms with Crippen LogP contribution >= 0.6 is 0 Å². The average molecular weight is 292 g/mol. The van der Waals surface area contributed by atoms with Gasteiger partial charge in [-0.3, -0.25) is 9.59 Å². The van der Waals surface area contributed by atoms with E-state index in [2.05, 4.69) is 0 Å². The van der Waals surface area contributed by atoms with Crippen molar-refractivity contribution < 1.29 is 9.59 Å². The van der Waals surface area contributed by atoms with Gasteiger partial charge in [0.25, 0.3) is 0 Å². The Hall–Kier alpha value is -2.22. The van der Waals surface area contributed by atoms with Gasteiger partial charge in [-0.05, 0) is 18.8 Å². The van der Waals surface area contributed by atoms with Crippen LogP contribution in [0.15, 0.2) is 60.7 Å². The summed E-state index contributed by atoms with van der Waals surface area (Å²) in [5.41, 5.74) is 1.51. The predicted octanol–water partition coefficient (Wildman–Crippen LogP) is 4.41. The first-order chi connectivity index (χ1) is 10.7. The van der Waals surface area contributed by atoms with E-state index in [9.17, 15) is 9.59 Å². The third kappa shape index (κ3) is 2.74. The zero-order chi connectivity index (χ0) is 15.5. The van der Waals surface area contributed by atoms with Gasteiger partial charge < -0.3 is 0 Å². The zero-order valence-electron chi connectivity index (χ0n) is 12.7. The van der Waals surface area contributed by atoms with Gasteiger partial charge in [0.05, 0.1) is 0 Å². The Morgan fingerprint density at radius 1 is 0.727 bits per heavy atom. The molecule has 0 aromatic heterocycles. The Morgan fingerprint density at radius 2 is 1.09 bits per heavy atom. The van der Waals surface area contributed by atoms with Crippen molar-refractivity contribution in [2.24, 2.45) is 17.8 Å². The third-order valence-electron chi connectivity index (χ3n) is 4.85. The molecule has 0 radical (unpaired) electrons. The van der Waals surface area contributed by atoms with Crippen LogP contribution in [0.1, 0.15) is 40.5 Å². The molecule has 0 N–H and O–H groups in total. The first kappa shape index (κ1) is 14.7. The lowest BCUT2D eigenvalue weighted by atomic mass is 9.83. The second-order valence-corrected chi connectivity index (χ2v) is 6.11. The van der Waals surface area contributed by atoms with Gasteiger partial charge in [0.2, 0.25) is 0 Å². The van der Waals surface area contributed by atoms with Crippen LogP contribution in [0.2, 0.25) is 0 Å². The molecule has 2 heteroatoms. The maximum atomic E-state index is 12.7. The van der Waals surface area contributed by atoms with E-state index in [1.807, 2.05) is 67.6 Å². The highest BCUT2D eigenvalue weighted by atomic mass is 16.1. The first-order valence-electron chi connectivity index (χ1n) is 7.87. The van der Waals surface area contributed by atoms with E-state index in [-0.39, 0.29) is 29.3 Å². The first-order valence-corrected chi connectivity index (χ1v) is 7.87. The molecule has 2 atom stereocenters. The maximum Gasteiger partial charge on any atom is 0.166 e. The summed E-state index contributed by atoms with van der Waals surface area (Å²) in [7, 11) is 0. The summed E-state index contributed by atoms with van der Waals surface area (Å²) in [4.78, 5) is 25.3. The highest BCUT2D eigenvalue weighted by Crippen LogP contribution is 2.40. The minimum absolute atomic E-state index is 0.0416. The number of hydrogen-bond donors (Lipinski definition) is 0. The molecule has 22 heavy (non-hydrogen) atoms. The van der Waals surface area contributed by atoms with Gasteiger partial charge in [0, 0.05) is 23.0 Å². The maximum absolute atomic E-state index is 12.7. The predicted molar refractivity (Wildman–Crippen MR) is 86.9 cm³/mol. The lowest BCUT2D eigenvalue weighted by Gasteiger charge is -2.19. The third-order valence-corrected chi connectivity index (χ3v) is 4.85. The minimum atomic E-state index is -0.0416. The van der Waals surface area contributed by atoms with Gasteiger partial charge in [-0.1, -0.05) is 67.6 Å². The van der Waals surface area contributed by atoms with Crippen LogP contribution in [-0.2, 0) is 0 Å². The van der Waals surface area contributed by atoms with Crippen molar-refractivity contribution >= 4 is 11.6 Å². The van der Waals surface area contributed by atoms with E-state index in [0.29, 0.717) is 0 Å². The number of hydrogen-bond acceptors (Lipinski definition) is 2. The van der Waals surface area contributed by atoms with E-state index in [1.165, 1.54) is 0 Å². The molecule has 0 heterocycles. The number of carbonyl (C=O) groups is 2. The van der Waals surface area contributed by atoms with Crippen molar-refractivity contribution in [1.82, 2.24) is 0 Å². The van der Waals surface area contributed by atoms with E-state index in [1.54, 1.807) is 0 Å². The number of Topliss-reactive ketones (excluding diaryl/α,β-unsaturated/α-hetero) is 2. The Morgan fingerprint density at radius 3 is 1.45 bits per heavy atom. The molecule has 0 bridgehead atoms. The van der Waals surface area contributed by atoms with Gasteiger partial charge >= 0.3 is 0 Å². The molecule has 112 valence electrons. The summed E-state index contributed by atoms with van der Waals surface area (Å²) in [6, 6.07) is 18.8. The van der Waals surface area contributed by atoms with Crippen molar-refractivity contribution in [2.75, 3.05) is 0 Å². The van der Waals surface area contributed by atoms with Crippen molar-refractivity contribution in [1.29, 1.82) is 0 Å². The summed E-state index contributed by atoms with van der Waals surface area (Å²) >= 11 is 0. The summed E-state index contributed by atoms with van der Waals surface area (Å²) in [5.74, 6) is 0.369. The second kappa shape index (κ2) is 6.27. The molecule has 0 spiro atoms. The molecule has 1 fully saturated rings. The molecule has 0 aliphatic heterocycles. The SMILES string of the molecule is CC1[C@H](C(=O)c2ccccc2)CC[C@H]1C(=O)c1ccccc1. The molecule has 1 aliphatic rings. The van der Waals surface area contributed by atoms with E-state index >= 15 is 0 Å². The van der Waals surface area contributed by atoms with Crippen LogP contribution in [0.4, 0.5) is 0 Å².